The Morgan fingerprint density at radius 3 is 2.72 bits per heavy atom. The Bertz CT molecular complexity index is 497. The topological polar surface area (TPSA) is 17.0 Å². The molecular weight excluding hydrogens is 220 g/mol. The lowest BCUT2D eigenvalue weighted by Crippen LogP contribution is -2.15. The van der Waals surface area contributed by atoms with Crippen molar-refractivity contribution in [3.05, 3.63) is 36.0 Å². The molecule has 2 nitrogen and oxygen atoms in total. The third-order valence-corrected chi connectivity index (χ3v) is 3.25. The standard InChI is InChI=1S/C16H24N2/c1-4-17-10-9-14-12-18(11-13(2)3)16-8-6-5-7-15(14)16/h5-8,12-13,17H,4,9-11H2,1-3H3. The summed E-state index contributed by atoms with van der Waals surface area (Å²) in [6.45, 7) is 9.90. The molecule has 0 unspecified atom stereocenters. The average molecular weight is 244 g/mol. The van der Waals surface area contributed by atoms with E-state index in [0.717, 1.165) is 26.1 Å². The smallest absolute Gasteiger partial charge is 0.0483 e. The highest BCUT2D eigenvalue weighted by atomic mass is 15.0. The van der Waals surface area contributed by atoms with Gasteiger partial charge in [0.15, 0.2) is 0 Å². The summed E-state index contributed by atoms with van der Waals surface area (Å²) in [5, 5.41) is 4.82. The molecule has 0 aliphatic carbocycles. The first-order valence-corrected chi connectivity index (χ1v) is 6.99. The molecule has 0 atom stereocenters. The van der Waals surface area contributed by atoms with Crippen LogP contribution in [0, 0.1) is 5.92 Å². The van der Waals surface area contributed by atoms with Crippen LogP contribution >= 0.6 is 0 Å². The number of nitrogens with one attached hydrogen (secondary N) is 1. The quantitative estimate of drug-likeness (QED) is 0.770. The van der Waals surface area contributed by atoms with E-state index in [9.17, 15) is 0 Å². The maximum atomic E-state index is 3.40. The SMILES string of the molecule is CCNCCc1cn(CC(C)C)c2ccccc12. The molecule has 1 aromatic heterocycles. The van der Waals surface area contributed by atoms with Gasteiger partial charge in [-0.2, -0.15) is 0 Å². The Balaban J connectivity index is 2.29. The maximum absolute atomic E-state index is 3.40. The average Bonchev–Trinajstić information content (AvgIpc) is 2.68. The van der Waals surface area contributed by atoms with E-state index in [2.05, 4.69) is 61.1 Å². The largest absolute Gasteiger partial charge is 0.347 e. The van der Waals surface area contributed by atoms with Gasteiger partial charge in [-0.15, -0.1) is 0 Å². The van der Waals surface area contributed by atoms with Crippen LogP contribution in [0.5, 0.6) is 0 Å². The summed E-state index contributed by atoms with van der Waals surface area (Å²) < 4.78 is 2.40. The number of rotatable bonds is 6. The minimum Gasteiger partial charge on any atom is -0.347 e. The molecule has 0 saturated carbocycles. The number of fused-ring (bicyclic) bond motifs is 1. The fourth-order valence-corrected chi connectivity index (χ4v) is 2.47. The van der Waals surface area contributed by atoms with Gasteiger partial charge < -0.3 is 9.88 Å². The third kappa shape index (κ3) is 2.94. The van der Waals surface area contributed by atoms with E-state index in [0.29, 0.717) is 5.92 Å². The van der Waals surface area contributed by atoms with Gasteiger partial charge in [-0.3, -0.25) is 0 Å². The van der Waals surface area contributed by atoms with E-state index in [1.165, 1.54) is 16.5 Å². The van der Waals surface area contributed by atoms with Crippen molar-refractivity contribution in [1.29, 1.82) is 0 Å². The van der Waals surface area contributed by atoms with Crippen molar-refractivity contribution in [3.8, 4) is 0 Å². The molecule has 98 valence electrons. The Kier molecular flexibility index (Phi) is 4.43. The van der Waals surface area contributed by atoms with Crippen LogP contribution in [0.1, 0.15) is 26.3 Å². The van der Waals surface area contributed by atoms with Gasteiger partial charge in [0, 0.05) is 23.6 Å². The maximum Gasteiger partial charge on any atom is 0.0483 e. The fourth-order valence-electron chi connectivity index (χ4n) is 2.47. The van der Waals surface area contributed by atoms with Crippen molar-refractivity contribution >= 4 is 10.9 Å². The van der Waals surface area contributed by atoms with E-state index < -0.39 is 0 Å². The van der Waals surface area contributed by atoms with Gasteiger partial charge in [-0.1, -0.05) is 39.0 Å². The number of hydrogen-bond donors (Lipinski definition) is 1. The predicted octanol–water partition coefficient (Wildman–Crippen LogP) is 3.45. The van der Waals surface area contributed by atoms with Gasteiger partial charge >= 0.3 is 0 Å². The van der Waals surface area contributed by atoms with Crippen molar-refractivity contribution < 1.29 is 0 Å². The lowest BCUT2D eigenvalue weighted by Gasteiger charge is -2.07. The molecule has 0 saturated heterocycles. The zero-order valence-corrected chi connectivity index (χ0v) is 11.7. The van der Waals surface area contributed by atoms with Crippen molar-refractivity contribution in [2.24, 2.45) is 5.92 Å². The van der Waals surface area contributed by atoms with Gasteiger partial charge in [0.05, 0.1) is 0 Å². The molecule has 2 heteroatoms. The van der Waals surface area contributed by atoms with Crippen LogP contribution < -0.4 is 5.32 Å². The second-order valence-electron chi connectivity index (χ2n) is 5.32. The normalized spacial score (nSPS) is 11.6. The fraction of sp³-hybridized carbons (Fsp3) is 0.500. The van der Waals surface area contributed by atoms with Gasteiger partial charge in [0.1, 0.15) is 0 Å². The van der Waals surface area contributed by atoms with E-state index in [1.54, 1.807) is 0 Å². The molecule has 0 spiro atoms. The first-order valence-electron chi connectivity index (χ1n) is 6.99. The van der Waals surface area contributed by atoms with Gasteiger partial charge in [0.2, 0.25) is 0 Å². The summed E-state index contributed by atoms with van der Waals surface area (Å²) in [6.07, 6.45) is 3.45. The van der Waals surface area contributed by atoms with Crippen molar-refractivity contribution in [2.75, 3.05) is 13.1 Å². The van der Waals surface area contributed by atoms with Crippen molar-refractivity contribution in [3.63, 3.8) is 0 Å². The summed E-state index contributed by atoms with van der Waals surface area (Å²) in [4.78, 5) is 0. The molecule has 2 aromatic rings. The molecule has 0 radical (unpaired) electrons. The number of nitrogens with zero attached hydrogens (tertiary/aromatic N) is 1. The summed E-state index contributed by atoms with van der Waals surface area (Å²) >= 11 is 0. The Morgan fingerprint density at radius 2 is 2.00 bits per heavy atom. The molecular formula is C16H24N2. The van der Waals surface area contributed by atoms with Crippen LogP contribution in [0.4, 0.5) is 0 Å². The number of para-hydroxylation sites is 1. The Hall–Kier alpha value is -1.28. The lowest BCUT2D eigenvalue weighted by atomic mass is 10.1. The molecule has 18 heavy (non-hydrogen) atoms. The molecule has 1 N–H and O–H groups in total. The summed E-state index contributed by atoms with van der Waals surface area (Å²) in [6, 6.07) is 8.74. The van der Waals surface area contributed by atoms with Crippen LogP contribution in [0.2, 0.25) is 0 Å². The third-order valence-electron chi connectivity index (χ3n) is 3.25. The second-order valence-corrected chi connectivity index (χ2v) is 5.32. The van der Waals surface area contributed by atoms with E-state index in [-0.39, 0.29) is 0 Å². The molecule has 1 heterocycles. The zero-order chi connectivity index (χ0) is 13.0. The highest BCUT2D eigenvalue weighted by molar-refractivity contribution is 5.84. The molecule has 2 rings (SSSR count). The highest BCUT2D eigenvalue weighted by Crippen LogP contribution is 2.22. The zero-order valence-electron chi connectivity index (χ0n) is 11.7. The Labute approximate surface area is 110 Å². The molecule has 0 aliphatic heterocycles. The minimum absolute atomic E-state index is 0.683. The van der Waals surface area contributed by atoms with E-state index in [4.69, 9.17) is 0 Å². The monoisotopic (exact) mass is 244 g/mol. The first kappa shape index (κ1) is 13.2. The number of likely N-dealkylation sites (N-methyl/N-ethyl adjacent to an activating group) is 1. The highest BCUT2D eigenvalue weighted by Gasteiger charge is 2.08. The van der Waals surface area contributed by atoms with Crippen LogP contribution in [-0.2, 0) is 13.0 Å². The van der Waals surface area contributed by atoms with Crippen molar-refractivity contribution in [1.82, 2.24) is 9.88 Å². The Morgan fingerprint density at radius 1 is 1.22 bits per heavy atom. The molecule has 0 fully saturated rings. The first-order chi connectivity index (χ1) is 8.72. The molecule has 0 aliphatic rings. The van der Waals surface area contributed by atoms with E-state index in [1.807, 2.05) is 0 Å². The number of hydrogen-bond acceptors (Lipinski definition) is 1. The second kappa shape index (κ2) is 6.05. The minimum atomic E-state index is 0.683. The molecule has 1 aromatic carbocycles. The summed E-state index contributed by atoms with van der Waals surface area (Å²) in [5.41, 5.74) is 2.84. The van der Waals surface area contributed by atoms with Gasteiger partial charge in [-0.25, -0.2) is 0 Å². The van der Waals surface area contributed by atoms with E-state index >= 15 is 0 Å². The molecule has 0 amide bonds. The van der Waals surface area contributed by atoms with Gasteiger partial charge in [-0.05, 0) is 37.1 Å². The molecule has 0 bridgehead atoms. The van der Waals surface area contributed by atoms with Crippen LogP contribution in [0.25, 0.3) is 10.9 Å². The number of aromatic nitrogens is 1. The number of benzene rings is 1. The van der Waals surface area contributed by atoms with Crippen molar-refractivity contribution in [2.45, 2.75) is 33.7 Å². The van der Waals surface area contributed by atoms with Crippen LogP contribution in [0.15, 0.2) is 30.5 Å². The van der Waals surface area contributed by atoms with Crippen LogP contribution in [0.3, 0.4) is 0 Å². The van der Waals surface area contributed by atoms with Crippen LogP contribution in [-0.4, -0.2) is 17.7 Å². The summed E-state index contributed by atoms with van der Waals surface area (Å²) in [5.74, 6) is 0.683. The summed E-state index contributed by atoms with van der Waals surface area (Å²) in [7, 11) is 0. The predicted molar refractivity (Wildman–Crippen MR) is 79.0 cm³/mol. The lowest BCUT2D eigenvalue weighted by molar-refractivity contribution is 0.534. The van der Waals surface area contributed by atoms with Gasteiger partial charge in [0.25, 0.3) is 0 Å².